The van der Waals surface area contributed by atoms with Crippen LogP contribution in [0, 0.1) is 5.82 Å². The second-order valence-electron chi connectivity index (χ2n) is 7.85. The predicted octanol–water partition coefficient (Wildman–Crippen LogP) is 5.05. The summed E-state index contributed by atoms with van der Waals surface area (Å²) in [7, 11) is -3.90. The zero-order valence-corrected chi connectivity index (χ0v) is 20.3. The molecule has 1 heterocycles. The normalized spacial score (nSPS) is 13.2. The molecule has 3 aromatic rings. The van der Waals surface area contributed by atoms with Gasteiger partial charge in [-0.15, -0.1) is 0 Å². The van der Waals surface area contributed by atoms with Gasteiger partial charge in [0.05, 0.1) is 22.8 Å². The van der Waals surface area contributed by atoms with Crippen molar-refractivity contribution in [1.29, 1.82) is 0 Å². The minimum atomic E-state index is -3.90. The molecule has 7 nitrogen and oxygen atoms in total. The first-order chi connectivity index (χ1) is 16.7. The molecule has 0 saturated carbocycles. The molecule has 0 bridgehead atoms. The molecule has 1 N–H and O–H groups in total. The van der Waals surface area contributed by atoms with Crippen LogP contribution in [0.1, 0.15) is 39.6 Å². The van der Waals surface area contributed by atoms with Crippen molar-refractivity contribution >= 4 is 44.9 Å². The fourth-order valence-electron chi connectivity index (χ4n) is 3.86. The van der Waals surface area contributed by atoms with Crippen LogP contribution in [0.2, 0.25) is 5.02 Å². The highest BCUT2D eigenvalue weighted by Crippen LogP contribution is 2.33. The molecule has 0 spiro atoms. The molecule has 35 heavy (non-hydrogen) atoms. The van der Waals surface area contributed by atoms with Crippen molar-refractivity contribution in [2.75, 3.05) is 22.8 Å². The number of benzene rings is 3. The first-order valence-corrected chi connectivity index (χ1v) is 12.7. The molecule has 1 aliphatic rings. The van der Waals surface area contributed by atoms with E-state index in [1.165, 1.54) is 34.6 Å². The lowest BCUT2D eigenvalue weighted by molar-refractivity contribution is 0.0521. The SMILES string of the molecule is CCOC(=O)c1ccc(NC(=O)c2ccc3c(c2)N(S(=O)(=O)c2cccc(Cl)c2)CCC3)cc1F. The Hall–Kier alpha value is -3.43. The van der Waals surface area contributed by atoms with Crippen LogP contribution in [0.15, 0.2) is 65.6 Å². The van der Waals surface area contributed by atoms with Crippen LogP contribution >= 0.6 is 11.6 Å². The van der Waals surface area contributed by atoms with Crippen molar-refractivity contribution in [2.45, 2.75) is 24.7 Å². The molecule has 1 aliphatic heterocycles. The van der Waals surface area contributed by atoms with Crippen molar-refractivity contribution < 1.29 is 27.1 Å². The van der Waals surface area contributed by atoms with E-state index in [4.69, 9.17) is 16.3 Å². The molecule has 0 fully saturated rings. The Morgan fingerprint density at radius 2 is 1.91 bits per heavy atom. The van der Waals surface area contributed by atoms with E-state index in [-0.39, 0.29) is 34.9 Å². The second-order valence-corrected chi connectivity index (χ2v) is 10.1. The van der Waals surface area contributed by atoms with Crippen LogP contribution in [-0.4, -0.2) is 33.4 Å². The Morgan fingerprint density at radius 3 is 2.63 bits per heavy atom. The van der Waals surface area contributed by atoms with Gasteiger partial charge in [-0.2, -0.15) is 0 Å². The highest BCUT2D eigenvalue weighted by Gasteiger charge is 2.30. The van der Waals surface area contributed by atoms with Crippen molar-refractivity contribution in [3.05, 3.63) is 88.2 Å². The molecule has 182 valence electrons. The Bertz CT molecular complexity index is 1410. The number of nitrogens with zero attached hydrogens (tertiary/aromatic N) is 1. The fourth-order valence-corrected chi connectivity index (χ4v) is 5.69. The highest BCUT2D eigenvalue weighted by molar-refractivity contribution is 7.92. The average Bonchev–Trinajstić information content (AvgIpc) is 2.83. The minimum absolute atomic E-state index is 0.0601. The fraction of sp³-hybridized carbons (Fsp3) is 0.200. The first kappa shape index (κ1) is 24.7. The summed E-state index contributed by atoms with van der Waals surface area (Å²) >= 11 is 6.00. The van der Waals surface area contributed by atoms with Crippen LogP contribution in [-0.2, 0) is 21.2 Å². The Balaban J connectivity index is 1.61. The summed E-state index contributed by atoms with van der Waals surface area (Å²) in [5.41, 5.74) is 1.31. The molecule has 0 atom stereocenters. The summed E-state index contributed by atoms with van der Waals surface area (Å²) in [4.78, 5) is 24.7. The lowest BCUT2D eigenvalue weighted by Crippen LogP contribution is -2.35. The highest BCUT2D eigenvalue weighted by atomic mass is 35.5. The minimum Gasteiger partial charge on any atom is -0.462 e. The Morgan fingerprint density at radius 1 is 1.11 bits per heavy atom. The number of amides is 1. The van der Waals surface area contributed by atoms with E-state index in [0.717, 1.165) is 11.6 Å². The predicted molar refractivity (Wildman–Crippen MR) is 131 cm³/mol. The van der Waals surface area contributed by atoms with Gasteiger partial charge in [0.15, 0.2) is 0 Å². The molecular weight excluding hydrogens is 495 g/mol. The summed E-state index contributed by atoms with van der Waals surface area (Å²) in [5, 5.41) is 2.88. The number of carbonyl (C=O) groups is 2. The number of fused-ring (bicyclic) bond motifs is 1. The molecule has 0 unspecified atom stereocenters. The molecule has 4 rings (SSSR count). The van der Waals surface area contributed by atoms with E-state index in [1.54, 1.807) is 31.2 Å². The quantitative estimate of drug-likeness (QED) is 0.463. The number of hydrogen-bond acceptors (Lipinski definition) is 5. The van der Waals surface area contributed by atoms with Gasteiger partial charge in [0, 0.05) is 22.8 Å². The smallest absolute Gasteiger partial charge is 0.341 e. The van der Waals surface area contributed by atoms with E-state index in [9.17, 15) is 22.4 Å². The topological polar surface area (TPSA) is 92.8 Å². The molecule has 0 aliphatic carbocycles. The summed E-state index contributed by atoms with van der Waals surface area (Å²) in [5.74, 6) is -2.18. The number of ether oxygens (including phenoxy) is 1. The van der Waals surface area contributed by atoms with Crippen LogP contribution < -0.4 is 9.62 Å². The lowest BCUT2D eigenvalue weighted by atomic mass is 10.0. The maximum atomic E-state index is 14.3. The van der Waals surface area contributed by atoms with Gasteiger partial charge in [-0.05, 0) is 73.9 Å². The third-order valence-electron chi connectivity index (χ3n) is 5.53. The second kappa shape index (κ2) is 10.1. The summed E-state index contributed by atoms with van der Waals surface area (Å²) in [6.07, 6.45) is 1.30. The molecule has 0 saturated heterocycles. The van der Waals surface area contributed by atoms with Crippen molar-refractivity contribution in [3.8, 4) is 0 Å². The third kappa shape index (κ3) is 5.16. The van der Waals surface area contributed by atoms with Gasteiger partial charge in [-0.25, -0.2) is 17.6 Å². The number of halogens is 2. The third-order valence-corrected chi connectivity index (χ3v) is 7.57. The molecule has 10 heteroatoms. The van der Waals surface area contributed by atoms with Gasteiger partial charge in [0.25, 0.3) is 15.9 Å². The van der Waals surface area contributed by atoms with E-state index < -0.39 is 27.7 Å². The molecule has 1 amide bonds. The molecule has 0 aromatic heterocycles. The van der Waals surface area contributed by atoms with Gasteiger partial charge in [-0.3, -0.25) is 9.10 Å². The van der Waals surface area contributed by atoms with Crippen molar-refractivity contribution in [2.24, 2.45) is 0 Å². The van der Waals surface area contributed by atoms with Crippen molar-refractivity contribution in [1.82, 2.24) is 0 Å². The number of sulfonamides is 1. The molecule has 0 radical (unpaired) electrons. The number of esters is 1. The van der Waals surface area contributed by atoms with Gasteiger partial charge in [-0.1, -0.05) is 23.7 Å². The summed E-state index contributed by atoms with van der Waals surface area (Å²) in [6.45, 7) is 1.98. The van der Waals surface area contributed by atoms with Gasteiger partial charge in [0.2, 0.25) is 0 Å². The molecule has 3 aromatic carbocycles. The number of rotatable bonds is 6. The van der Waals surface area contributed by atoms with E-state index >= 15 is 0 Å². The summed E-state index contributed by atoms with van der Waals surface area (Å²) in [6, 6.07) is 14.5. The zero-order chi connectivity index (χ0) is 25.2. The standard InChI is InChI=1S/C25H22ClFN2O5S/c1-2-34-25(31)21-11-10-19(15-22(21)27)28-24(30)17-9-8-16-5-4-12-29(23(16)13-17)35(32,33)20-7-3-6-18(26)14-20/h3,6-11,13-15H,2,4-5,12H2,1H3,(H,28,30). The van der Waals surface area contributed by atoms with Crippen LogP contribution in [0.3, 0.4) is 0 Å². The molecular formula is C25H22ClFN2O5S. The van der Waals surface area contributed by atoms with Crippen LogP contribution in [0.5, 0.6) is 0 Å². The number of hydrogen-bond donors (Lipinski definition) is 1. The lowest BCUT2D eigenvalue weighted by Gasteiger charge is -2.31. The van der Waals surface area contributed by atoms with Gasteiger partial charge in [0.1, 0.15) is 5.82 Å². The summed E-state index contributed by atoms with van der Waals surface area (Å²) < 4.78 is 47.1. The monoisotopic (exact) mass is 516 g/mol. The van der Waals surface area contributed by atoms with Gasteiger partial charge >= 0.3 is 5.97 Å². The Kier molecular flexibility index (Phi) is 7.09. The van der Waals surface area contributed by atoms with Crippen LogP contribution in [0.25, 0.3) is 0 Å². The van der Waals surface area contributed by atoms with Gasteiger partial charge < -0.3 is 10.1 Å². The van der Waals surface area contributed by atoms with E-state index in [1.807, 2.05) is 0 Å². The number of anilines is 2. The number of carbonyl (C=O) groups excluding carboxylic acids is 2. The van der Waals surface area contributed by atoms with Crippen molar-refractivity contribution in [3.63, 3.8) is 0 Å². The number of aryl methyl sites for hydroxylation is 1. The number of nitrogens with one attached hydrogen (secondary N) is 1. The van der Waals surface area contributed by atoms with E-state index in [0.29, 0.717) is 23.6 Å². The van der Waals surface area contributed by atoms with E-state index in [2.05, 4.69) is 5.32 Å². The van der Waals surface area contributed by atoms with Crippen LogP contribution in [0.4, 0.5) is 15.8 Å². The first-order valence-electron chi connectivity index (χ1n) is 10.9. The maximum Gasteiger partial charge on any atom is 0.341 e. The zero-order valence-electron chi connectivity index (χ0n) is 18.8. The largest absolute Gasteiger partial charge is 0.462 e. The Labute approximate surface area is 207 Å². The average molecular weight is 517 g/mol. The maximum absolute atomic E-state index is 14.3.